The van der Waals surface area contributed by atoms with Crippen molar-refractivity contribution in [2.24, 2.45) is 0 Å². The van der Waals surface area contributed by atoms with Crippen LogP contribution in [-0.4, -0.2) is 43.1 Å². The van der Waals surface area contributed by atoms with Crippen LogP contribution in [0.2, 0.25) is 10.0 Å². The van der Waals surface area contributed by atoms with Gasteiger partial charge in [0.2, 0.25) is 5.75 Å². The smallest absolute Gasteiger partial charge is 0.267 e. The van der Waals surface area contributed by atoms with E-state index in [9.17, 15) is 4.79 Å². The lowest BCUT2D eigenvalue weighted by molar-refractivity contribution is -0.121. The van der Waals surface area contributed by atoms with Crippen LogP contribution in [0, 0.1) is 0 Å². The Hall–Kier alpha value is -2.13. The molecule has 0 aromatic heterocycles. The normalized spacial score (nSPS) is 15.0. The van der Waals surface area contributed by atoms with Crippen LogP contribution >= 0.6 is 47.2 Å². The molecule has 1 heterocycles. The first-order chi connectivity index (χ1) is 14.4. The van der Waals surface area contributed by atoms with E-state index in [1.807, 2.05) is 0 Å². The Morgan fingerprint density at radius 1 is 1.10 bits per heavy atom. The Morgan fingerprint density at radius 3 is 2.37 bits per heavy atom. The maximum absolute atomic E-state index is 12.9. The molecule has 0 bridgehead atoms. The molecule has 1 amide bonds. The first kappa shape index (κ1) is 22.6. The minimum atomic E-state index is -0.218. The second-order valence-electron chi connectivity index (χ2n) is 6.03. The number of rotatable bonds is 7. The van der Waals surface area contributed by atoms with E-state index in [-0.39, 0.29) is 12.6 Å². The van der Waals surface area contributed by atoms with Gasteiger partial charge in [-0.2, -0.15) is 0 Å². The third kappa shape index (κ3) is 4.78. The highest BCUT2D eigenvalue weighted by atomic mass is 35.5. The van der Waals surface area contributed by atoms with Gasteiger partial charge >= 0.3 is 0 Å². The van der Waals surface area contributed by atoms with E-state index in [1.165, 1.54) is 38.0 Å². The second-order valence-corrected chi connectivity index (χ2v) is 8.55. The number of halogens is 2. The zero-order chi connectivity index (χ0) is 21.8. The molecule has 2 aromatic rings. The molecule has 2 aromatic carbocycles. The zero-order valence-corrected chi connectivity index (χ0v) is 19.5. The maximum Gasteiger partial charge on any atom is 0.267 e. The second kappa shape index (κ2) is 9.78. The Labute approximate surface area is 194 Å². The van der Waals surface area contributed by atoms with Crippen LogP contribution in [-0.2, 0) is 4.79 Å². The Kier molecular flexibility index (Phi) is 7.36. The number of amides is 1. The number of carbonyl (C=O) groups excluding carboxylic acids is 1. The number of ether oxygens (including phenoxy) is 3. The molecule has 1 saturated heterocycles. The molecule has 3 rings (SSSR count). The van der Waals surface area contributed by atoms with Crippen LogP contribution in [0.25, 0.3) is 6.08 Å². The Balaban J connectivity index is 1.82. The average molecular weight is 485 g/mol. The van der Waals surface area contributed by atoms with Crippen molar-refractivity contribution in [3.8, 4) is 17.2 Å². The van der Waals surface area contributed by atoms with E-state index in [4.69, 9.17) is 49.6 Å². The summed E-state index contributed by atoms with van der Waals surface area (Å²) in [6.45, 7) is 0.164. The molecule has 1 aliphatic rings. The van der Waals surface area contributed by atoms with E-state index in [0.29, 0.717) is 42.2 Å². The number of thioether (sulfide) groups is 1. The van der Waals surface area contributed by atoms with Crippen molar-refractivity contribution in [2.45, 2.75) is 0 Å². The van der Waals surface area contributed by atoms with Crippen molar-refractivity contribution in [3.05, 3.63) is 50.8 Å². The van der Waals surface area contributed by atoms with E-state index in [0.717, 1.165) is 5.56 Å². The molecule has 0 atom stereocenters. The molecule has 30 heavy (non-hydrogen) atoms. The Bertz CT molecular complexity index is 1000. The lowest BCUT2D eigenvalue weighted by Gasteiger charge is -2.17. The largest absolute Gasteiger partial charge is 0.493 e. The zero-order valence-electron chi connectivity index (χ0n) is 16.3. The van der Waals surface area contributed by atoms with Gasteiger partial charge in [0.05, 0.1) is 43.6 Å². The molecule has 1 fully saturated rings. The van der Waals surface area contributed by atoms with Gasteiger partial charge < -0.3 is 19.5 Å². The lowest BCUT2D eigenvalue weighted by Crippen LogP contribution is -2.33. The van der Waals surface area contributed by atoms with E-state index < -0.39 is 0 Å². The highest BCUT2D eigenvalue weighted by Gasteiger charge is 2.32. The summed E-state index contributed by atoms with van der Waals surface area (Å²) in [6.07, 6.45) is 1.73. The number of hydrogen-bond acceptors (Lipinski definition) is 7. The number of benzene rings is 2. The van der Waals surface area contributed by atoms with E-state index in [2.05, 4.69) is 5.32 Å². The predicted molar refractivity (Wildman–Crippen MR) is 126 cm³/mol. The summed E-state index contributed by atoms with van der Waals surface area (Å²) in [4.78, 5) is 14.8. The number of nitrogens with zero attached hydrogens (tertiary/aromatic N) is 1. The van der Waals surface area contributed by atoms with E-state index in [1.54, 1.807) is 36.4 Å². The summed E-state index contributed by atoms with van der Waals surface area (Å²) in [6, 6.07) is 8.58. The van der Waals surface area contributed by atoms with Crippen LogP contribution in [0.5, 0.6) is 17.2 Å². The molecule has 158 valence electrons. The number of methoxy groups -OCH3 is 3. The number of anilines is 1. The minimum Gasteiger partial charge on any atom is -0.493 e. The monoisotopic (exact) mass is 484 g/mol. The third-order valence-corrected chi connectivity index (χ3v) is 6.16. The van der Waals surface area contributed by atoms with Gasteiger partial charge in [0.1, 0.15) is 4.32 Å². The summed E-state index contributed by atoms with van der Waals surface area (Å²) in [5, 5.41) is 4.13. The molecule has 0 aliphatic carbocycles. The van der Waals surface area contributed by atoms with Crippen LogP contribution in [0.15, 0.2) is 35.2 Å². The van der Waals surface area contributed by atoms with Gasteiger partial charge in [0.25, 0.3) is 5.91 Å². The molecule has 1 N–H and O–H groups in total. The number of hydrogen-bond donors (Lipinski definition) is 1. The standard InChI is InChI=1S/C20H18Cl2N2O4S2/c1-26-15-6-11(7-16(27-2)18(15)28-3)8-17-19(25)24(20(29)30-17)10-23-14-9-12(21)4-5-13(14)22/h4-9,23H,10H2,1-3H3/b17-8+. The van der Waals surface area contributed by atoms with Crippen molar-refractivity contribution in [1.29, 1.82) is 0 Å². The summed E-state index contributed by atoms with van der Waals surface area (Å²) in [7, 11) is 4.60. The van der Waals surface area contributed by atoms with Gasteiger partial charge in [0.15, 0.2) is 11.5 Å². The topological polar surface area (TPSA) is 60.0 Å². The van der Waals surface area contributed by atoms with Gasteiger partial charge in [-0.3, -0.25) is 9.69 Å². The van der Waals surface area contributed by atoms with Crippen molar-refractivity contribution >= 4 is 69.2 Å². The molecule has 0 radical (unpaired) electrons. The molecule has 6 nitrogen and oxygen atoms in total. The quantitative estimate of drug-likeness (QED) is 0.423. The van der Waals surface area contributed by atoms with Crippen molar-refractivity contribution in [1.82, 2.24) is 4.90 Å². The van der Waals surface area contributed by atoms with Crippen LogP contribution in [0.4, 0.5) is 5.69 Å². The minimum absolute atomic E-state index is 0.164. The predicted octanol–water partition coefficient (Wildman–Crippen LogP) is 5.29. The first-order valence-corrected chi connectivity index (χ1v) is 10.6. The molecule has 0 saturated carbocycles. The summed E-state index contributed by atoms with van der Waals surface area (Å²) in [5.74, 6) is 1.25. The maximum atomic E-state index is 12.9. The first-order valence-electron chi connectivity index (χ1n) is 8.62. The summed E-state index contributed by atoms with van der Waals surface area (Å²) < 4.78 is 16.5. The van der Waals surface area contributed by atoms with Crippen LogP contribution in [0.3, 0.4) is 0 Å². The third-order valence-electron chi connectivity index (χ3n) is 4.21. The molecular formula is C20H18Cl2N2O4S2. The fraction of sp³-hybridized carbons (Fsp3) is 0.200. The Morgan fingerprint density at radius 2 is 1.77 bits per heavy atom. The van der Waals surface area contributed by atoms with Gasteiger partial charge in [-0.05, 0) is 42.0 Å². The van der Waals surface area contributed by atoms with E-state index >= 15 is 0 Å². The van der Waals surface area contributed by atoms with Crippen LogP contribution < -0.4 is 19.5 Å². The lowest BCUT2D eigenvalue weighted by atomic mass is 10.1. The van der Waals surface area contributed by atoms with Crippen LogP contribution in [0.1, 0.15) is 5.56 Å². The molecular weight excluding hydrogens is 467 g/mol. The highest BCUT2D eigenvalue weighted by Crippen LogP contribution is 2.40. The molecule has 10 heteroatoms. The SMILES string of the molecule is COc1cc(/C=C2/SC(=S)N(CNc3cc(Cl)ccc3Cl)C2=O)cc(OC)c1OC. The number of carbonyl (C=O) groups is 1. The van der Waals surface area contributed by atoms with Gasteiger partial charge in [-0.1, -0.05) is 47.2 Å². The molecule has 1 aliphatic heterocycles. The van der Waals surface area contributed by atoms with Crippen molar-refractivity contribution < 1.29 is 19.0 Å². The summed E-state index contributed by atoms with van der Waals surface area (Å²) in [5.41, 5.74) is 1.34. The molecule has 0 unspecified atom stereocenters. The highest BCUT2D eigenvalue weighted by molar-refractivity contribution is 8.26. The number of thiocarbonyl (C=S) groups is 1. The average Bonchev–Trinajstić information content (AvgIpc) is 3.00. The van der Waals surface area contributed by atoms with Gasteiger partial charge in [-0.25, -0.2) is 0 Å². The fourth-order valence-electron chi connectivity index (χ4n) is 2.77. The number of nitrogens with one attached hydrogen (secondary N) is 1. The molecule has 0 spiro atoms. The van der Waals surface area contributed by atoms with Gasteiger partial charge in [-0.15, -0.1) is 0 Å². The van der Waals surface area contributed by atoms with Crippen molar-refractivity contribution in [2.75, 3.05) is 33.3 Å². The van der Waals surface area contributed by atoms with Gasteiger partial charge in [0, 0.05) is 5.02 Å². The fourth-order valence-corrected chi connectivity index (χ4v) is 4.38. The van der Waals surface area contributed by atoms with Crippen molar-refractivity contribution in [3.63, 3.8) is 0 Å². The summed E-state index contributed by atoms with van der Waals surface area (Å²) >= 11 is 18.8.